The topological polar surface area (TPSA) is 71.2 Å². The summed E-state index contributed by atoms with van der Waals surface area (Å²) in [5, 5.41) is 0. The summed E-state index contributed by atoms with van der Waals surface area (Å²) in [6.45, 7) is 1.86. The van der Waals surface area contributed by atoms with Gasteiger partial charge in [-0.05, 0) is 19.1 Å². The Labute approximate surface area is 64.1 Å². The third-order valence-corrected chi connectivity index (χ3v) is 1.25. The number of aromatic amines is 1. The average Bonchev–Trinajstić information content (AvgIpc) is 2.36. The number of aryl methyl sites for hydroxylation is 1. The van der Waals surface area contributed by atoms with Crippen molar-refractivity contribution in [1.82, 2.24) is 4.98 Å². The van der Waals surface area contributed by atoms with Crippen LogP contribution in [0, 0.1) is 6.92 Å². The Hall–Kier alpha value is -1.58. The van der Waals surface area contributed by atoms with Crippen molar-refractivity contribution in [3.05, 3.63) is 23.5 Å². The first-order valence-electron chi connectivity index (χ1n) is 3.18. The highest BCUT2D eigenvalue weighted by Gasteiger charge is 2.02. The van der Waals surface area contributed by atoms with Gasteiger partial charge in [-0.3, -0.25) is 4.79 Å². The zero-order chi connectivity index (χ0) is 8.27. The fourth-order valence-electron chi connectivity index (χ4n) is 0.766. The van der Waals surface area contributed by atoms with Crippen molar-refractivity contribution in [1.29, 1.82) is 0 Å². The number of aromatic nitrogens is 1. The van der Waals surface area contributed by atoms with Gasteiger partial charge in [-0.2, -0.15) is 4.99 Å². The summed E-state index contributed by atoms with van der Waals surface area (Å²) >= 11 is 0. The van der Waals surface area contributed by atoms with Gasteiger partial charge in [0.2, 0.25) is 0 Å². The van der Waals surface area contributed by atoms with E-state index in [0.29, 0.717) is 5.69 Å². The van der Waals surface area contributed by atoms with Crippen molar-refractivity contribution < 1.29 is 4.79 Å². The molecule has 58 valence electrons. The Bertz CT molecular complexity index is 288. The molecule has 4 nitrogen and oxygen atoms in total. The number of carbonyl (C=O) groups excluding carboxylic acids is 1. The summed E-state index contributed by atoms with van der Waals surface area (Å²) in [5.41, 5.74) is 6.34. The predicted molar refractivity (Wildman–Crippen MR) is 42.5 cm³/mol. The number of carbonyl (C=O) groups is 1. The number of amides is 1. The lowest BCUT2D eigenvalue weighted by Gasteiger charge is -1.86. The first-order chi connectivity index (χ1) is 5.24. The van der Waals surface area contributed by atoms with Crippen LogP contribution in [0.3, 0.4) is 0 Å². The Kier molecular flexibility index (Phi) is 2.06. The standard InChI is InChI=1S/C7H9N3O/c1-5-2-3-6(10-5)7(11)9-4-8/h2-4,10H,1H3,(H2,8,9,11). The summed E-state index contributed by atoms with van der Waals surface area (Å²) in [6, 6.07) is 3.48. The summed E-state index contributed by atoms with van der Waals surface area (Å²) < 4.78 is 0. The van der Waals surface area contributed by atoms with Crippen LogP contribution in [0.5, 0.6) is 0 Å². The van der Waals surface area contributed by atoms with Gasteiger partial charge in [0.1, 0.15) is 5.69 Å². The van der Waals surface area contributed by atoms with E-state index in [1.807, 2.05) is 6.92 Å². The maximum absolute atomic E-state index is 10.9. The molecule has 0 atom stereocenters. The van der Waals surface area contributed by atoms with Gasteiger partial charge in [0.05, 0.1) is 6.34 Å². The maximum atomic E-state index is 10.9. The highest BCUT2D eigenvalue weighted by atomic mass is 16.1. The number of nitrogens with two attached hydrogens (primary N) is 1. The average molecular weight is 151 g/mol. The van der Waals surface area contributed by atoms with Gasteiger partial charge < -0.3 is 10.7 Å². The summed E-state index contributed by atoms with van der Waals surface area (Å²) in [4.78, 5) is 17.2. The number of hydrogen-bond donors (Lipinski definition) is 2. The number of aliphatic imine (C=N–C) groups is 1. The van der Waals surface area contributed by atoms with E-state index in [-0.39, 0.29) is 5.91 Å². The molecule has 1 aromatic heterocycles. The van der Waals surface area contributed by atoms with Gasteiger partial charge in [-0.25, -0.2) is 0 Å². The minimum atomic E-state index is -0.347. The molecule has 0 fully saturated rings. The Balaban J connectivity index is 2.85. The zero-order valence-corrected chi connectivity index (χ0v) is 6.16. The van der Waals surface area contributed by atoms with Gasteiger partial charge in [0, 0.05) is 5.69 Å². The van der Waals surface area contributed by atoms with Crippen LogP contribution in [0.2, 0.25) is 0 Å². The molecule has 1 rings (SSSR count). The quantitative estimate of drug-likeness (QED) is 0.452. The highest BCUT2D eigenvalue weighted by molar-refractivity contribution is 5.97. The molecule has 0 radical (unpaired) electrons. The lowest BCUT2D eigenvalue weighted by molar-refractivity contribution is 0.0999. The Morgan fingerprint density at radius 3 is 2.91 bits per heavy atom. The molecule has 0 aliphatic carbocycles. The third-order valence-electron chi connectivity index (χ3n) is 1.25. The van der Waals surface area contributed by atoms with Crippen molar-refractivity contribution in [3.63, 3.8) is 0 Å². The first kappa shape index (κ1) is 7.53. The lowest BCUT2D eigenvalue weighted by atomic mass is 10.4. The molecule has 1 aromatic rings. The summed E-state index contributed by atoms with van der Waals surface area (Å²) in [7, 11) is 0. The number of rotatable bonds is 1. The lowest BCUT2D eigenvalue weighted by Crippen LogP contribution is -1.99. The smallest absolute Gasteiger partial charge is 0.294 e. The van der Waals surface area contributed by atoms with E-state index >= 15 is 0 Å². The molecule has 11 heavy (non-hydrogen) atoms. The van der Waals surface area contributed by atoms with E-state index in [2.05, 4.69) is 9.98 Å². The molecule has 0 saturated carbocycles. The molecule has 1 amide bonds. The van der Waals surface area contributed by atoms with Crippen LogP contribution in [-0.4, -0.2) is 17.2 Å². The molecule has 0 aliphatic heterocycles. The fraction of sp³-hybridized carbons (Fsp3) is 0.143. The third kappa shape index (κ3) is 1.67. The van der Waals surface area contributed by atoms with Crippen LogP contribution >= 0.6 is 0 Å². The van der Waals surface area contributed by atoms with Crippen molar-refractivity contribution in [2.24, 2.45) is 10.7 Å². The van der Waals surface area contributed by atoms with Crippen molar-refractivity contribution in [3.8, 4) is 0 Å². The van der Waals surface area contributed by atoms with Crippen LogP contribution in [-0.2, 0) is 0 Å². The van der Waals surface area contributed by atoms with Crippen molar-refractivity contribution in [2.45, 2.75) is 6.92 Å². The fourth-order valence-corrected chi connectivity index (χ4v) is 0.766. The highest BCUT2D eigenvalue weighted by Crippen LogP contribution is 2.00. The number of nitrogens with one attached hydrogen (secondary N) is 1. The Morgan fingerprint density at radius 2 is 2.45 bits per heavy atom. The van der Waals surface area contributed by atoms with Gasteiger partial charge in [0.25, 0.3) is 5.91 Å². The predicted octanol–water partition coefficient (Wildman–Crippen LogP) is 0.450. The second-order valence-corrected chi connectivity index (χ2v) is 2.14. The SMILES string of the molecule is Cc1ccc(C(=O)N=CN)[nH]1. The zero-order valence-electron chi connectivity index (χ0n) is 6.16. The number of nitrogens with zero attached hydrogens (tertiary/aromatic N) is 1. The maximum Gasteiger partial charge on any atom is 0.294 e. The first-order valence-corrected chi connectivity index (χ1v) is 3.18. The van der Waals surface area contributed by atoms with Gasteiger partial charge >= 0.3 is 0 Å². The molecule has 0 unspecified atom stereocenters. The van der Waals surface area contributed by atoms with E-state index < -0.39 is 0 Å². The van der Waals surface area contributed by atoms with E-state index in [0.717, 1.165) is 12.0 Å². The van der Waals surface area contributed by atoms with Crippen LogP contribution in [0.15, 0.2) is 17.1 Å². The molecule has 0 aliphatic rings. The van der Waals surface area contributed by atoms with Crippen LogP contribution in [0.25, 0.3) is 0 Å². The second kappa shape index (κ2) is 3.01. The van der Waals surface area contributed by atoms with Crippen LogP contribution in [0.1, 0.15) is 16.2 Å². The largest absolute Gasteiger partial charge is 0.390 e. The molecule has 0 bridgehead atoms. The van der Waals surface area contributed by atoms with E-state index in [1.165, 1.54) is 0 Å². The molecular formula is C7H9N3O. The van der Waals surface area contributed by atoms with E-state index in [1.54, 1.807) is 12.1 Å². The van der Waals surface area contributed by atoms with Crippen LogP contribution < -0.4 is 5.73 Å². The summed E-state index contributed by atoms with van der Waals surface area (Å²) in [6.07, 6.45) is 0.985. The van der Waals surface area contributed by atoms with Crippen LogP contribution in [0.4, 0.5) is 0 Å². The normalized spacial score (nSPS) is 10.6. The van der Waals surface area contributed by atoms with Crippen molar-refractivity contribution in [2.75, 3.05) is 0 Å². The molecule has 0 aromatic carbocycles. The molecule has 3 N–H and O–H groups in total. The number of H-pyrrole nitrogens is 1. The van der Waals surface area contributed by atoms with E-state index in [9.17, 15) is 4.79 Å². The minimum Gasteiger partial charge on any atom is -0.390 e. The van der Waals surface area contributed by atoms with Gasteiger partial charge in [-0.15, -0.1) is 0 Å². The molecule has 0 saturated heterocycles. The second-order valence-electron chi connectivity index (χ2n) is 2.14. The van der Waals surface area contributed by atoms with Gasteiger partial charge in [-0.1, -0.05) is 0 Å². The molecule has 0 spiro atoms. The Morgan fingerprint density at radius 1 is 1.73 bits per heavy atom. The van der Waals surface area contributed by atoms with Gasteiger partial charge in [0.15, 0.2) is 0 Å². The van der Waals surface area contributed by atoms with E-state index in [4.69, 9.17) is 5.73 Å². The number of hydrogen-bond acceptors (Lipinski definition) is 1. The molecule has 4 heteroatoms. The van der Waals surface area contributed by atoms with Crippen molar-refractivity contribution >= 4 is 12.2 Å². The monoisotopic (exact) mass is 151 g/mol. The molecular weight excluding hydrogens is 142 g/mol. The minimum absolute atomic E-state index is 0.347. The molecule has 1 heterocycles. The summed E-state index contributed by atoms with van der Waals surface area (Å²) in [5.74, 6) is -0.347.